The van der Waals surface area contributed by atoms with Gasteiger partial charge in [0.05, 0.1) is 39.9 Å². The first-order valence-electron chi connectivity index (χ1n) is 17.9. The number of benzene rings is 5. The Morgan fingerprint density at radius 3 is 1.06 bits per heavy atom. The molecule has 0 unspecified atom stereocenters. The zero-order valence-corrected chi connectivity index (χ0v) is 29.3. The molecule has 0 fully saturated rings. The molecule has 9 rings (SSSR count). The zero-order chi connectivity index (χ0) is 36.1. The lowest BCUT2D eigenvalue weighted by molar-refractivity contribution is 1.17. The van der Waals surface area contributed by atoms with Crippen molar-refractivity contribution in [3.63, 3.8) is 0 Å². The second-order valence-corrected chi connectivity index (χ2v) is 13.0. The molecule has 0 saturated carbocycles. The topological polar surface area (TPSA) is 64.5 Å². The lowest BCUT2D eigenvalue weighted by Crippen LogP contribution is -1.98. The Bertz CT molecular complexity index is 2550. The molecular formula is C49H33N5. The van der Waals surface area contributed by atoms with E-state index in [1.165, 1.54) is 0 Å². The van der Waals surface area contributed by atoms with Gasteiger partial charge < -0.3 is 0 Å². The van der Waals surface area contributed by atoms with Gasteiger partial charge in [0.1, 0.15) is 0 Å². The molecule has 9 aromatic rings. The van der Waals surface area contributed by atoms with E-state index in [4.69, 9.17) is 24.9 Å². The molecule has 0 aliphatic rings. The van der Waals surface area contributed by atoms with Gasteiger partial charge in [-0.1, -0.05) is 152 Å². The molecule has 0 aliphatic carbocycles. The first kappa shape index (κ1) is 32.5. The van der Waals surface area contributed by atoms with Crippen molar-refractivity contribution in [3.8, 4) is 90.2 Å². The van der Waals surface area contributed by atoms with Crippen molar-refractivity contribution in [1.82, 2.24) is 24.9 Å². The van der Waals surface area contributed by atoms with Gasteiger partial charge in [0.25, 0.3) is 0 Å². The predicted molar refractivity (Wildman–Crippen MR) is 219 cm³/mol. The molecule has 0 radical (unpaired) electrons. The van der Waals surface area contributed by atoms with Gasteiger partial charge in [0.15, 0.2) is 5.82 Å². The molecule has 4 heterocycles. The summed E-state index contributed by atoms with van der Waals surface area (Å²) < 4.78 is 0. The van der Waals surface area contributed by atoms with Crippen LogP contribution in [0.5, 0.6) is 0 Å². The van der Waals surface area contributed by atoms with Crippen molar-refractivity contribution in [2.24, 2.45) is 0 Å². The highest BCUT2D eigenvalue weighted by Gasteiger charge is 2.16. The van der Waals surface area contributed by atoms with Gasteiger partial charge >= 0.3 is 0 Å². The van der Waals surface area contributed by atoms with Crippen LogP contribution in [0.15, 0.2) is 200 Å². The van der Waals surface area contributed by atoms with Crippen LogP contribution < -0.4 is 0 Å². The summed E-state index contributed by atoms with van der Waals surface area (Å²) in [4.78, 5) is 25.4. The lowest BCUT2D eigenvalue weighted by atomic mass is 9.99. The summed E-state index contributed by atoms with van der Waals surface area (Å²) >= 11 is 0. The van der Waals surface area contributed by atoms with Crippen LogP contribution in [0.2, 0.25) is 0 Å². The fourth-order valence-electron chi connectivity index (χ4n) is 6.57. The quantitative estimate of drug-likeness (QED) is 0.159. The molecule has 54 heavy (non-hydrogen) atoms. The Kier molecular flexibility index (Phi) is 8.86. The summed E-state index contributed by atoms with van der Waals surface area (Å²) in [5.74, 6) is 0.665. The number of pyridine rings is 3. The molecule has 254 valence electrons. The Labute approximate surface area is 314 Å². The molecule has 0 N–H and O–H groups in total. The first-order valence-corrected chi connectivity index (χ1v) is 17.9. The van der Waals surface area contributed by atoms with Crippen LogP contribution in [0.25, 0.3) is 90.2 Å². The van der Waals surface area contributed by atoms with E-state index in [0.29, 0.717) is 5.82 Å². The lowest BCUT2D eigenvalue weighted by Gasteiger charge is -2.13. The third kappa shape index (κ3) is 6.94. The normalized spacial score (nSPS) is 11.0. The Balaban J connectivity index is 1.16. The van der Waals surface area contributed by atoms with E-state index in [9.17, 15) is 0 Å². The third-order valence-electron chi connectivity index (χ3n) is 9.35. The van der Waals surface area contributed by atoms with Crippen molar-refractivity contribution in [3.05, 3.63) is 200 Å². The van der Waals surface area contributed by atoms with Crippen LogP contribution >= 0.6 is 0 Å². The Morgan fingerprint density at radius 1 is 0.222 bits per heavy atom. The van der Waals surface area contributed by atoms with E-state index in [-0.39, 0.29) is 0 Å². The van der Waals surface area contributed by atoms with E-state index >= 15 is 0 Å². The van der Waals surface area contributed by atoms with E-state index in [1.807, 2.05) is 97.2 Å². The zero-order valence-electron chi connectivity index (χ0n) is 29.3. The summed E-state index contributed by atoms with van der Waals surface area (Å²) in [5, 5.41) is 0. The maximum absolute atomic E-state index is 5.23. The summed E-state index contributed by atoms with van der Waals surface area (Å²) in [7, 11) is 0. The van der Waals surface area contributed by atoms with Crippen LogP contribution in [0.4, 0.5) is 0 Å². The van der Waals surface area contributed by atoms with Gasteiger partial charge in [-0.05, 0) is 64.7 Å². The smallest absolute Gasteiger partial charge is 0.160 e. The molecule has 0 amide bonds. The van der Waals surface area contributed by atoms with Crippen LogP contribution in [-0.4, -0.2) is 24.9 Å². The molecular weight excluding hydrogens is 659 g/mol. The largest absolute Gasteiger partial charge is 0.254 e. The van der Waals surface area contributed by atoms with Crippen molar-refractivity contribution in [2.75, 3.05) is 0 Å². The molecule has 5 nitrogen and oxygen atoms in total. The van der Waals surface area contributed by atoms with Crippen molar-refractivity contribution >= 4 is 0 Å². The summed E-state index contributed by atoms with van der Waals surface area (Å²) in [6.45, 7) is 0. The van der Waals surface area contributed by atoms with Crippen LogP contribution in [0.3, 0.4) is 0 Å². The Hall–Kier alpha value is -7.37. The summed E-state index contributed by atoms with van der Waals surface area (Å²) in [6.07, 6.45) is 1.87. The molecule has 0 saturated heterocycles. The van der Waals surface area contributed by atoms with Crippen molar-refractivity contribution in [1.29, 1.82) is 0 Å². The number of nitrogens with zero attached hydrogens (tertiary/aromatic N) is 5. The van der Waals surface area contributed by atoms with Crippen LogP contribution in [0, 0.1) is 0 Å². The molecule has 0 spiro atoms. The maximum Gasteiger partial charge on any atom is 0.160 e. The highest BCUT2D eigenvalue weighted by molar-refractivity contribution is 5.80. The molecule has 0 atom stereocenters. The molecule has 0 bridgehead atoms. The average Bonchev–Trinajstić information content (AvgIpc) is 3.27. The van der Waals surface area contributed by atoms with Crippen molar-refractivity contribution in [2.45, 2.75) is 0 Å². The SMILES string of the molecule is c1ccc(-c2cc(-c3ccccc3)nc(-c3cc(-c4ccccc4)cc(-c4ccc(-c5cc(-c6ccccc6)nc(-c6ccccc6)n5)cn4)n3)c2)cc1. The molecule has 5 aromatic carbocycles. The minimum Gasteiger partial charge on any atom is -0.254 e. The van der Waals surface area contributed by atoms with Crippen LogP contribution in [-0.2, 0) is 0 Å². The Morgan fingerprint density at radius 2 is 0.593 bits per heavy atom. The highest BCUT2D eigenvalue weighted by atomic mass is 14.9. The van der Waals surface area contributed by atoms with Gasteiger partial charge in [-0.2, -0.15) is 0 Å². The number of aromatic nitrogens is 5. The summed E-state index contributed by atoms with van der Waals surface area (Å²) in [6, 6.07) is 66.0. The van der Waals surface area contributed by atoms with Crippen molar-refractivity contribution < 1.29 is 0 Å². The summed E-state index contributed by atoms with van der Waals surface area (Å²) in [5.41, 5.74) is 13.8. The minimum atomic E-state index is 0.665. The molecule has 0 aliphatic heterocycles. The van der Waals surface area contributed by atoms with Gasteiger partial charge in [0.2, 0.25) is 0 Å². The monoisotopic (exact) mass is 691 g/mol. The fourth-order valence-corrected chi connectivity index (χ4v) is 6.57. The van der Waals surface area contributed by atoms with Gasteiger partial charge in [0, 0.05) is 28.5 Å². The van der Waals surface area contributed by atoms with Crippen LogP contribution in [0.1, 0.15) is 0 Å². The second-order valence-electron chi connectivity index (χ2n) is 13.0. The molecule has 4 aromatic heterocycles. The van der Waals surface area contributed by atoms with E-state index in [0.717, 1.165) is 84.4 Å². The maximum atomic E-state index is 5.23. The number of hydrogen-bond acceptors (Lipinski definition) is 5. The van der Waals surface area contributed by atoms with E-state index < -0.39 is 0 Å². The van der Waals surface area contributed by atoms with E-state index in [2.05, 4.69) is 103 Å². The number of hydrogen-bond donors (Lipinski definition) is 0. The van der Waals surface area contributed by atoms with Gasteiger partial charge in [-0.15, -0.1) is 0 Å². The first-order chi connectivity index (χ1) is 26.7. The third-order valence-corrected chi connectivity index (χ3v) is 9.35. The van der Waals surface area contributed by atoms with E-state index in [1.54, 1.807) is 0 Å². The average molecular weight is 692 g/mol. The fraction of sp³-hybridized carbons (Fsp3) is 0. The standard InChI is InChI=1S/C49H33N5/c1-6-16-34(17-7-1)40-28-43(36-20-10-3-11-21-36)51-47(30-40)48-31-41(35-18-8-2-9-19-35)29-46(52-48)42-27-26-39(33-50-42)45-32-44(37-22-12-4-13-23-37)53-49(54-45)38-24-14-5-15-25-38/h1-33H. The minimum absolute atomic E-state index is 0.665. The van der Waals surface area contributed by atoms with Gasteiger partial charge in [-0.3, -0.25) is 4.98 Å². The second kappa shape index (κ2) is 14.7. The molecule has 5 heteroatoms. The number of rotatable bonds is 8. The predicted octanol–water partition coefficient (Wildman–Crippen LogP) is 12.0. The highest BCUT2D eigenvalue weighted by Crippen LogP contribution is 2.34. The van der Waals surface area contributed by atoms with Gasteiger partial charge in [-0.25, -0.2) is 19.9 Å².